The molecule has 3 aromatic carbocycles. The topological polar surface area (TPSA) is 187 Å². The van der Waals surface area contributed by atoms with E-state index in [2.05, 4.69) is 16.0 Å². The van der Waals surface area contributed by atoms with Crippen molar-refractivity contribution in [1.29, 1.82) is 0 Å². The number of carbonyl (C=O) groups is 3. The van der Waals surface area contributed by atoms with Gasteiger partial charge in [-0.05, 0) is 59.5 Å². The third-order valence-corrected chi connectivity index (χ3v) is 7.39. The van der Waals surface area contributed by atoms with E-state index in [0.29, 0.717) is 35.4 Å². The van der Waals surface area contributed by atoms with E-state index in [1.807, 2.05) is 0 Å². The average molecular weight is 578 g/mol. The van der Waals surface area contributed by atoms with Crippen LogP contribution in [0.3, 0.4) is 0 Å². The predicted octanol–water partition coefficient (Wildman–Crippen LogP) is 2.18. The van der Waals surface area contributed by atoms with Gasteiger partial charge in [0, 0.05) is 38.8 Å². The summed E-state index contributed by atoms with van der Waals surface area (Å²) in [6, 6.07) is 10.9. The molecule has 0 bridgehead atoms. The highest BCUT2D eigenvalue weighted by atomic mass is 16.6. The zero-order valence-electron chi connectivity index (χ0n) is 23.1. The first-order chi connectivity index (χ1) is 19.9. The summed E-state index contributed by atoms with van der Waals surface area (Å²) in [5.41, 5.74) is 0.169. The zero-order chi connectivity index (χ0) is 30.3. The van der Waals surface area contributed by atoms with Crippen molar-refractivity contribution >= 4 is 17.7 Å². The predicted molar refractivity (Wildman–Crippen MR) is 148 cm³/mol. The molecule has 3 amide bonds. The van der Waals surface area contributed by atoms with E-state index in [9.17, 15) is 34.8 Å². The molecule has 0 fully saturated rings. The molecule has 42 heavy (non-hydrogen) atoms. The van der Waals surface area contributed by atoms with Crippen LogP contribution in [-0.4, -0.2) is 56.5 Å². The number of phenolic OH excluding ortho intramolecular Hbond substituents is 4. The number of hydrogen-bond acceptors (Lipinski definition) is 9. The monoisotopic (exact) mass is 577 g/mol. The second kappa shape index (κ2) is 10.7. The molecule has 12 nitrogen and oxygen atoms in total. The molecular formula is C30H31N3O9. The van der Waals surface area contributed by atoms with Crippen LogP contribution in [0.4, 0.5) is 0 Å². The second-order valence-corrected chi connectivity index (χ2v) is 10.5. The minimum Gasteiger partial charge on any atom is -0.504 e. The Morgan fingerprint density at radius 2 is 1.48 bits per heavy atom. The van der Waals surface area contributed by atoms with Gasteiger partial charge in [0.1, 0.15) is 6.04 Å². The Labute approximate surface area is 240 Å². The number of benzene rings is 3. The van der Waals surface area contributed by atoms with E-state index in [0.717, 1.165) is 5.56 Å². The third-order valence-electron chi connectivity index (χ3n) is 7.39. The molecule has 220 valence electrons. The fraction of sp³-hybridized carbons (Fsp3) is 0.300. The molecule has 0 saturated heterocycles. The van der Waals surface area contributed by atoms with E-state index < -0.39 is 52.9 Å². The molecule has 5 rings (SSSR count). The van der Waals surface area contributed by atoms with Crippen LogP contribution >= 0.6 is 0 Å². The number of aromatic hydroxyl groups is 4. The van der Waals surface area contributed by atoms with Gasteiger partial charge in [-0.3, -0.25) is 14.4 Å². The SMILES string of the molecule is CC(=O)NCCc1ccc2c(c1)O[C@]1(NC(C)=O)[C@H](NC(C)=O)[C@@H](c3ccc(O)c(O)c3)c3cc(O)c(O)cc3[C@@H]1O2. The number of phenols is 4. The number of hydrogen-bond donors (Lipinski definition) is 7. The van der Waals surface area contributed by atoms with Crippen molar-refractivity contribution in [2.75, 3.05) is 6.54 Å². The largest absolute Gasteiger partial charge is 0.504 e. The highest BCUT2D eigenvalue weighted by molar-refractivity contribution is 5.77. The number of rotatable bonds is 6. The number of carbonyl (C=O) groups excluding carboxylic acids is 3. The minimum atomic E-state index is -1.80. The summed E-state index contributed by atoms with van der Waals surface area (Å²) in [5.74, 6) is -3.13. The van der Waals surface area contributed by atoms with Gasteiger partial charge in [0.05, 0.1) is 0 Å². The van der Waals surface area contributed by atoms with Crippen molar-refractivity contribution in [1.82, 2.24) is 16.0 Å². The fourth-order valence-corrected chi connectivity index (χ4v) is 5.73. The molecule has 1 heterocycles. The van der Waals surface area contributed by atoms with Crippen molar-refractivity contribution in [2.45, 2.75) is 51.0 Å². The maximum atomic E-state index is 12.8. The molecule has 0 saturated carbocycles. The Morgan fingerprint density at radius 3 is 2.12 bits per heavy atom. The Morgan fingerprint density at radius 1 is 0.786 bits per heavy atom. The van der Waals surface area contributed by atoms with Crippen LogP contribution in [0.25, 0.3) is 0 Å². The summed E-state index contributed by atoms with van der Waals surface area (Å²) in [7, 11) is 0. The number of nitrogens with one attached hydrogen (secondary N) is 3. The third kappa shape index (κ3) is 5.06. The Hall–Kier alpha value is -5.13. The molecule has 7 N–H and O–H groups in total. The van der Waals surface area contributed by atoms with E-state index in [4.69, 9.17) is 9.47 Å². The van der Waals surface area contributed by atoms with Crippen LogP contribution in [0.15, 0.2) is 48.5 Å². The fourth-order valence-electron chi connectivity index (χ4n) is 5.73. The van der Waals surface area contributed by atoms with Crippen LogP contribution in [-0.2, 0) is 20.8 Å². The number of fused-ring (bicyclic) bond motifs is 4. The molecule has 1 aliphatic heterocycles. The summed E-state index contributed by atoms with van der Waals surface area (Å²) in [6.45, 7) is 4.38. The van der Waals surface area contributed by atoms with E-state index in [1.165, 1.54) is 51.1 Å². The first-order valence-corrected chi connectivity index (χ1v) is 13.3. The summed E-state index contributed by atoms with van der Waals surface area (Å²) in [5, 5.41) is 49.9. The second-order valence-electron chi connectivity index (χ2n) is 10.5. The highest BCUT2D eigenvalue weighted by Gasteiger charge is 2.61. The smallest absolute Gasteiger partial charge is 0.245 e. The quantitative estimate of drug-likeness (QED) is 0.216. The van der Waals surface area contributed by atoms with Crippen molar-refractivity contribution in [3.63, 3.8) is 0 Å². The van der Waals surface area contributed by atoms with Gasteiger partial charge in [-0.1, -0.05) is 12.1 Å². The average Bonchev–Trinajstić information content (AvgIpc) is 2.90. The van der Waals surface area contributed by atoms with Crippen molar-refractivity contribution in [3.05, 3.63) is 70.8 Å². The summed E-state index contributed by atoms with van der Waals surface area (Å²) >= 11 is 0. The zero-order valence-corrected chi connectivity index (χ0v) is 23.1. The van der Waals surface area contributed by atoms with Gasteiger partial charge in [-0.2, -0.15) is 0 Å². The summed E-state index contributed by atoms with van der Waals surface area (Å²) in [6.07, 6.45) is -0.646. The van der Waals surface area contributed by atoms with Crippen LogP contribution in [0.1, 0.15) is 55.0 Å². The lowest BCUT2D eigenvalue weighted by Crippen LogP contribution is -2.73. The highest BCUT2D eigenvalue weighted by Crippen LogP contribution is 2.55. The first-order valence-electron chi connectivity index (χ1n) is 13.3. The lowest BCUT2D eigenvalue weighted by atomic mass is 9.68. The maximum absolute atomic E-state index is 12.8. The molecule has 0 radical (unpaired) electrons. The van der Waals surface area contributed by atoms with E-state index in [-0.39, 0.29) is 17.4 Å². The number of amides is 3. The normalized spacial score (nSPS) is 21.8. The summed E-state index contributed by atoms with van der Waals surface area (Å²) in [4.78, 5) is 36.8. The molecule has 1 aliphatic carbocycles. The van der Waals surface area contributed by atoms with E-state index >= 15 is 0 Å². The lowest BCUT2D eigenvalue weighted by Gasteiger charge is -2.54. The molecule has 12 heteroatoms. The Balaban J connectivity index is 1.74. The van der Waals surface area contributed by atoms with Crippen LogP contribution in [0, 0.1) is 0 Å². The number of ether oxygens (including phenoxy) is 2. The Kier molecular flexibility index (Phi) is 7.23. The molecule has 0 aromatic heterocycles. The summed E-state index contributed by atoms with van der Waals surface area (Å²) < 4.78 is 13.1. The standard InChI is InChI=1S/C30H31N3O9/c1-14(34)31-9-8-17-4-7-25-26(10-17)42-30(33-16(3)36)28(32-15(2)35)27(18-5-6-21(37)22(38)11-18)19-12-23(39)24(40)13-20(19)29(30)41-25/h4-7,10-13,27-29,37-40H,8-9H2,1-3H3,(H,31,34)(H,32,35)(H,33,36)/t27-,28+,29-,30+/m0/s1. The molecule has 0 unspecified atom stereocenters. The van der Waals surface area contributed by atoms with Gasteiger partial charge in [-0.25, -0.2) is 0 Å². The first kappa shape index (κ1) is 28.4. The minimum absolute atomic E-state index is 0.167. The molecule has 4 atom stereocenters. The van der Waals surface area contributed by atoms with Crippen LogP contribution < -0.4 is 25.4 Å². The van der Waals surface area contributed by atoms with Gasteiger partial charge in [0.2, 0.25) is 23.4 Å². The van der Waals surface area contributed by atoms with Gasteiger partial charge in [0.15, 0.2) is 40.6 Å². The molecular weight excluding hydrogens is 546 g/mol. The van der Waals surface area contributed by atoms with E-state index in [1.54, 1.807) is 18.2 Å². The van der Waals surface area contributed by atoms with Crippen molar-refractivity contribution < 1.29 is 44.3 Å². The molecule has 2 aliphatic rings. The van der Waals surface area contributed by atoms with Crippen LogP contribution in [0.2, 0.25) is 0 Å². The van der Waals surface area contributed by atoms with Gasteiger partial charge < -0.3 is 45.9 Å². The maximum Gasteiger partial charge on any atom is 0.245 e. The van der Waals surface area contributed by atoms with Gasteiger partial charge in [-0.15, -0.1) is 0 Å². The van der Waals surface area contributed by atoms with Gasteiger partial charge >= 0.3 is 0 Å². The van der Waals surface area contributed by atoms with Crippen molar-refractivity contribution in [2.24, 2.45) is 0 Å². The molecule has 0 spiro atoms. The van der Waals surface area contributed by atoms with Gasteiger partial charge in [0.25, 0.3) is 0 Å². The Bertz CT molecular complexity index is 1590. The lowest BCUT2D eigenvalue weighted by molar-refractivity contribution is -0.152. The molecule has 3 aromatic rings. The van der Waals surface area contributed by atoms with Crippen molar-refractivity contribution in [3.8, 4) is 34.5 Å². The van der Waals surface area contributed by atoms with Crippen LogP contribution in [0.5, 0.6) is 34.5 Å².